The van der Waals surface area contributed by atoms with Crippen molar-refractivity contribution in [2.45, 2.75) is 25.8 Å². The fourth-order valence-electron chi connectivity index (χ4n) is 2.63. The molecule has 1 aliphatic heterocycles. The van der Waals surface area contributed by atoms with E-state index in [0.29, 0.717) is 17.3 Å². The summed E-state index contributed by atoms with van der Waals surface area (Å²) in [5.41, 5.74) is 0.630. The second kappa shape index (κ2) is 6.21. The van der Waals surface area contributed by atoms with Gasteiger partial charge in [-0.15, -0.1) is 0 Å². The Morgan fingerprint density at radius 3 is 2.95 bits per heavy atom. The Labute approximate surface area is 117 Å². The molecular weight excluding hydrogens is 266 g/mol. The van der Waals surface area contributed by atoms with Gasteiger partial charge in [0.05, 0.1) is 9.95 Å². The SMILES string of the molecule is CCN(c1c(Cl)cccc1[N+](=O)[O-])C1CCCNC1. The lowest BCUT2D eigenvalue weighted by Crippen LogP contribution is -2.46. The van der Waals surface area contributed by atoms with E-state index in [1.165, 1.54) is 6.07 Å². The average molecular weight is 284 g/mol. The van der Waals surface area contributed by atoms with Crippen LogP contribution in [0.4, 0.5) is 11.4 Å². The van der Waals surface area contributed by atoms with Crippen molar-refractivity contribution in [1.82, 2.24) is 5.32 Å². The molecule has 1 unspecified atom stereocenters. The molecule has 0 saturated carbocycles. The second-order valence-electron chi connectivity index (χ2n) is 4.65. The van der Waals surface area contributed by atoms with Crippen molar-refractivity contribution in [2.24, 2.45) is 0 Å². The molecule has 1 fully saturated rings. The van der Waals surface area contributed by atoms with Crippen molar-refractivity contribution >= 4 is 23.0 Å². The third-order valence-electron chi connectivity index (χ3n) is 3.50. The van der Waals surface area contributed by atoms with Crippen molar-refractivity contribution in [3.8, 4) is 0 Å². The summed E-state index contributed by atoms with van der Waals surface area (Å²) in [4.78, 5) is 12.9. The molecule has 0 aromatic heterocycles. The summed E-state index contributed by atoms with van der Waals surface area (Å²) in [6, 6.07) is 5.11. The molecule has 1 atom stereocenters. The third-order valence-corrected chi connectivity index (χ3v) is 3.81. The fraction of sp³-hybridized carbons (Fsp3) is 0.538. The first-order valence-electron chi connectivity index (χ1n) is 6.55. The zero-order valence-electron chi connectivity index (χ0n) is 10.9. The lowest BCUT2D eigenvalue weighted by molar-refractivity contribution is -0.384. The van der Waals surface area contributed by atoms with E-state index in [2.05, 4.69) is 5.32 Å². The number of anilines is 1. The van der Waals surface area contributed by atoms with Gasteiger partial charge in [-0.05, 0) is 32.4 Å². The predicted molar refractivity (Wildman–Crippen MR) is 77.0 cm³/mol. The number of piperidine rings is 1. The molecule has 0 spiro atoms. The highest BCUT2D eigenvalue weighted by molar-refractivity contribution is 6.33. The maximum atomic E-state index is 11.2. The van der Waals surface area contributed by atoms with E-state index in [0.717, 1.165) is 25.9 Å². The van der Waals surface area contributed by atoms with E-state index in [4.69, 9.17) is 11.6 Å². The molecule has 104 valence electrons. The average Bonchev–Trinajstić information content (AvgIpc) is 2.42. The van der Waals surface area contributed by atoms with Gasteiger partial charge in [0.25, 0.3) is 5.69 Å². The van der Waals surface area contributed by atoms with Crippen molar-refractivity contribution in [1.29, 1.82) is 0 Å². The van der Waals surface area contributed by atoms with Crippen LogP contribution in [-0.2, 0) is 0 Å². The van der Waals surface area contributed by atoms with E-state index in [1.54, 1.807) is 12.1 Å². The largest absolute Gasteiger partial charge is 0.361 e. The summed E-state index contributed by atoms with van der Waals surface area (Å²) in [6.07, 6.45) is 2.11. The second-order valence-corrected chi connectivity index (χ2v) is 5.06. The van der Waals surface area contributed by atoms with Crippen LogP contribution < -0.4 is 10.2 Å². The lowest BCUT2D eigenvalue weighted by Gasteiger charge is -2.35. The Kier molecular flexibility index (Phi) is 4.61. The molecule has 1 aliphatic rings. The Bertz CT molecular complexity index is 461. The number of nitrogens with one attached hydrogen (secondary N) is 1. The number of likely N-dealkylation sites (N-methyl/N-ethyl adjacent to an activating group) is 1. The normalized spacial score (nSPS) is 19.2. The minimum absolute atomic E-state index is 0.0833. The predicted octanol–water partition coefficient (Wildman–Crippen LogP) is 2.83. The van der Waals surface area contributed by atoms with Crippen molar-refractivity contribution in [2.75, 3.05) is 24.5 Å². The van der Waals surface area contributed by atoms with Crippen LogP contribution in [0.5, 0.6) is 0 Å². The molecule has 19 heavy (non-hydrogen) atoms. The maximum absolute atomic E-state index is 11.2. The maximum Gasteiger partial charge on any atom is 0.294 e. The molecule has 5 nitrogen and oxygen atoms in total. The van der Waals surface area contributed by atoms with Gasteiger partial charge >= 0.3 is 0 Å². The molecule has 1 aromatic carbocycles. The van der Waals surface area contributed by atoms with Crippen LogP contribution in [0.25, 0.3) is 0 Å². The van der Waals surface area contributed by atoms with Gasteiger partial charge in [0.1, 0.15) is 5.69 Å². The number of nitro benzene ring substituents is 1. The zero-order chi connectivity index (χ0) is 13.8. The van der Waals surface area contributed by atoms with E-state index >= 15 is 0 Å². The quantitative estimate of drug-likeness (QED) is 0.682. The summed E-state index contributed by atoms with van der Waals surface area (Å²) in [7, 11) is 0. The van der Waals surface area contributed by atoms with Crippen molar-refractivity contribution < 1.29 is 4.92 Å². The van der Waals surface area contributed by atoms with Gasteiger partial charge in [0.2, 0.25) is 0 Å². The summed E-state index contributed by atoms with van der Waals surface area (Å²) < 4.78 is 0. The molecule has 0 bridgehead atoms. The first-order valence-corrected chi connectivity index (χ1v) is 6.93. The highest BCUT2D eigenvalue weighted by atomic mass is 35.5. The highest BCUT2D eigenvalue weighted by Gasteiger charge is 2.27. The molecule has 0 amide bonds. The van der Waals surface area contributed by atoms with Crippen LogP contribution in [0.2, 0.25) is 5.02 Å². The Balaban J connectivity index is 2.39. The topological polar surface area (TPSA) is 58.4 Å². The monoisotopic (exact) mass is 283 g/mol. The van der Waals surface area contributed by atoms with E-state index in [9.17, 15) is 10.1 Å². The van der Waals surface area contributed by atoms with Crippen molar-refractivity contribution in [3.63, 3.8) is 0 Å². The van der Waals surface area contributed by atoms with Crippen LogP contribution in [0.3, 0.4) is 0 Å². The number of para-hydroxylation sites is 1. The number of rotatable bonds is 4. The van der Waals surface area contributed by atoms with Crippen LogP contribution in [-0.4, -0.2) is 30.6 Å². The van der Waals surface area contributed by atoms with Crippen LogP contribution in [0.15, 0.2) is 18.2 Å². The third kappa shape index (κ3) is 2.98. The summed E-state index contributed by atoms with van der Waals surface area (Å²) in [5.74, 6) is 0. The van der Waals surface area contributed by atoms with Crippen LogP contribution in [0.1, 0.15) is 19.8 Å². The molecule has 0 aliphatic carbocycles. The number of halogens is 1. The molecule has 0 radical (unpaired) electrons. The van der Waals surface area contributed by atoms with Gasteiger partial charge in [-0.2, -0.15) is 0 Å². The zero-order valence-corrected chi connectivity index (χ0v) is 11.7. The summed E-state index contributed by atoms with van der Waals surface area (Å²) in [5, 5.41) is 15.0. The molecule has 6 heteroatoms. The number of nitro groups is 1. The first kappa shape index (κ1) is 14.1. The molecule has 1 saturated heterocycles. The van der Waals surface area contributed by atoms with Gasteiger partial charge in [0, 0.05) is 25.2 Å². The van der Waals surface area contributed by atoms with Crippen molar-refractivity contribution in [3.05, 3.63) is 33.3 Å². The standard InChI is InChI=1S/C13H18ClN3O2/c1-2-16(10-5-4-8-15-9-10)13-11(14)6-3-7-12(13)17(18)19/h3,6-7,10,15H,2,4-5,8-9H2,1H3. The number of hydrogen-bond acceptors (Lipinski definition) is 4. The van der Waals surface area contributed by atoms with Gasteiger partial charge in [-0.25, -0.2) is 0 Å². The van der Waals surface area contributed by atoms with Crippen LogP contribution in [0, 0.1) is 10.1 Å². The number of hydrogen-bond donors (Lipinski definition) is 1. The molecular formula is C13H18ClN3O2. The molecule has 1 heterocycles. The highest BCUT2D eigenvalue weighted by Crippen LogP contribution is 2.37. The van der Waals surface area contributed by atoms with E-state index in [-0.39, 0.29) is 16.7 Å². The molecule has 1 aromatic rings. The van der Waals surface area contributed by atoms with Gasteiger partial charge in [-0.3, -0.25) is 10.1 Å². The molecule has 1 N–H and O–H groups in total. The van der Waals surface area contributed by atoms with E-state index < -0.39 is 0 Å². The smallest absolute Gasteiger partial charge is 0.294 e. The lowest BCUT2D eigenvalue weighted by atomic mass is 10.0. The Hall–Kier alpha value is -1.33. The van der Waals surface area contributed by atoms with E-state index in [1.807, 2.05) is 11.8 Å². The Morgan fingerprint density at radius 1 is 1.58 bits per heavy atom. The Morgan fingerprint density at radius 2 is 2.37 bits per heavy atom. The number of nitrogens with zero attached hydrogens (tertiary/aromatic N) is 2. The van der Waals surface area contributed by atoms with Gasteiger partial charge in [-0.1, -0.05) is 17.7 Å². The van der Waals surface area contributed by atoms with Gasteiger partial charge in [0.15, 0.2) is 0 Å². The minimum atomic E-state index is -0.361. The minimum Gasteiger partial charge on any atom is -0.361 e. The van der Waals surface area contributed by atoms with Gasteiger partial charge < -0.3 is 10.2 Å². The fourth-order valence-corrected chi connectivity index (χ4v) is 2.91. The summed E-state index contributed by atoms with van der Waals surface area (Å²) >= 11 is 6.20. The summed E-state index contributed by atoms with van der Waals surface area (Å²) in [6.45, 7) is 4.56. The first-order chi connectivity index (χ1) is 9.15. The molecule has 2 rings (SSSR count). The van der Waals surface area contributed by atoms with Crippen LogP contribution >= 0.6 is 11.6 Å². The number of benzene rings is 1.